The fourth-order valence-corrected chi connectivity index (χ4v) is 1.87. The number of nitrogens with zero attached hydrogens (tertiary/aromatic N) is 1. The van der Waals surface area contributed by atoms with Gasteiger partial charge in [-0.05, 0) is 18.3 Å². The normalized spacial score (nSPS) is 23.3. The summed E-state index contributed by atoms with van der Waals surface area (Å²) in [5.41, 5.74) is 5.73. The van der Waals surface area contributed by atoms with E-state index in [1.807, 2.05) is 4.90 Å². The van der Waals surface area contributed by atoms with Gasteiger partial charge in [-0.3, -0.25) is 4.79 Å². The maximum absolute atomic E-state index is 12.0. The Morgan fingerprint density at radius 3 is 2.43 bits per heavy atom. The smallest absolute Gasteiger partial charge is 0.226 e. The largest absolute Gasteiger partial charge is 0.341 e. The highest BCUT2D eigenvalue weighted by Crippen LogP contribution is 2.52. The molecule has 1 saturated carbocycles. The number of nitrogens with two attached hydrogens (primary N) is 1. The van der Waals surface area contributed by atoms with Crippen molar-refractivity contribution in [2.45, 2.75) is 33.6 Å². The Morgan fingerprint density at radius 1 is 1.50 bits per heavy atom. The molecule has 1 fully saturated rings. The number of hydrogen-bond acceptors (Lipinski definition) is 2. The fourth-order valence-electron chi connectivity index (χ4n) is 1.87. The summed E-state index contributed by atoms with van der Waals surface area (Å²) >= 11 is 0. The van der Waals surface area contributed by atoms with E-state index in [0.29, 0.717) is 19.0 Å². The van der Waals surface area contributed by atoms with Crippen molar-refractivity contribution in [1.82, 2.24) is 4.90 Å². The van der Waals surface area contributed by atoms with Crippen molar-refractivity contribution in [3.8, 4) is 0 Å². The lowest BCUT2D eigenvalue weighted by atomic mass is 10.1. The molecule has 1 atom stereocenters. The van der Waals surface area contributed by atoms with Crippen LogP contribution in [0, 0.1) is 11.3 Å². The predicted octanol–water partition coefficient (Wildman–Crippen LogP) is 1.23. The first-order valence-corrected chi connectivity index (χ1v) is 5.51. The second-order valence-electron chi connectivity index (χ2n) is 4.86. The van der Waals surface area contributed by atoms with Crippen molar-refractivity contribution >= 4 is 5.91 Å². The van der Waals surface area contributed by atoms with Crippen molar-refractivity contribution in [3.63, 3.8) is 0 Å². The maximum Gasteiger partial charge on any atom is 0.226 e. The van der Waals surface area contributed by atoms with Gasteiger partial charge in [0.25, 0.3) is 0 Å². The zero-order valence-corrected chi connectivity index (χ0v) is 9.55. The molecule has 0 aromatic carbocycles. The van der Waals surface area contributed by atoms with E-state index < -0.39 is 0 Å². The van der Waals surface area contributed by atoms with Crippen LogP contribution in [0.5, 0.6) is 0 Å². The molecule has 0 radical (unpaired) electrons. The first-order chi connectivity index (χ1) is 6.53. The van der Waals surface area contributed by atoms with Gasteiger partial charge >= 0.3 is 0 Å². The molecule has 1 rings (SSSR count). The van der Waals surface area contributed by atoms with E-state index in [4.69, 9.17) is 5.73 Å². The lowest BCUT2D eigenvalue weighted by Crippen LogP contribution is -2.37. The van der Waals surface area contributed by atoms with Gasteiger partial charge in [-0.25, -0.2) is 0 Å². The third kappa shape index (κ3) is 2.47. The minimum Gasteiger partial charge on any atom is -0.341 e. The molecular weight excluding hydrogens is 176 g/mol. The van der Waals surface area contributed by atoms with E-state index in [9.17, 15) is 4.79 Å². The Labute approximate surface area is 86.6 Å². The van der Waals surface area contributed by atoms with Gasteiger partial charge < -0.3 is 10.6 Å². The molecule has 0 heterocycles. The van der Waals surface area contributed by atoms with Gasteiger partial charge in [0.1, 0.15) is 0 Å². The van der Waals surface area contributed by atoms with Gasteiger partial charge in [0, 0.05) is 25.6 Å². The van der Waals surface area contributed by atoms with E-state index in [1.165, 1.54) is 0 Å². The van der Waals surface area contributed by atoms with E-state index in [2.05, 4.69) is 20.8 Å². The average Bonchev–Trinajstić information content (AvgIpc) is 2.74. The lowest BCUT2D eigenvalue weighted by molar-refractivity contribution is -0.133. The van der Waals surface area contributed by atoms with E-state index in [1.54, 1.807) is 0 Å². The number of rotatable bonds is 5. The van der Waals surface area contributed by atoms with Crippen LogP contribution in [0.3, 0.4) is 0 Å². The number of hydrogen-bond donors (Lipinski definition) is 1. The highest BCUT2D eigenvalue weighted by atomic mass is 16.2. The number of amides is 1. The molecular formula is C11H22N2O. The van der Waals surface area contributed by atoms with Gasteiger partial charge in [0.2, 0.25) is 5.91 Å². The molecule has 1 aliphatic carbocycles. The van der Waals surface area contributed by atoms with Crippen LogP contribution < -0.4 is 5.73 Å². The summed E-state index contributed by atoms with van der Waals surface area (Å²) in [4.78, 5) is 13.9. The number of carbonyl (C=O) groups excluding carboxylic acids is 1. The van der Waals surface area contributed by atoms with Crippen LogP contribution in [0.4, 0.5) is 0 Å². The van der Waals surface area contributed by atoms with Crippen LogP contribution in [0.2, 0.25) is 0 Å². The van der Waals surface area contributed by atoms with Crippen molar-refractivity contribution in [2.75, 3.05) is 19.6 Å². The van der Waals surface area contributed by atoms with Crippen molar-refractivity contribution < 1.29 is 4.79 Å². The van der Waals surface area contributed by atoms with Gasteiger partial charge in [-0.2, -0.15) is 0 Å². The lowest BCUT2D eigenvalue weighted by Gasteiger charge is -2.22. The Balaban J connectivity index is 2.47. The Morgan fingerprint density at radius 2 is 2.07 bits per heavy atom. The molecule has 1 unspecified atom stereocenters. The number of carbonyl (C=O) groups is 1. The zero-order chi connectivity index (χ0) is 10.8. The van der Waals surface area contributed by atoms with Crippen LogP contribution in [-0.2, 0) is 4.79 Å². The van der Waals surface area contributed by atoms with Crippen molar-refractivity contribution in [2.24, 2.45) is 17.1 Å². The Kier molecular flexibility index (Phi) is 3.53. The predicted molar refractivity (Wildman–Crippen MR) is 57.8 cm³/mol. The topological polar surface area (TPSA) is 46.3 Å². The third-order valence-corrected chi connectivity index (χ3v) is 3.02. The molecule has 0 aromatic rings. The maximum atomic E-state index is 12.0. The second kappa shape index (κ2) is 4.30. The molecule has 1 amide bonds. The van der Waals surface area contributed by atoms with Gasteiger partial charge in [-0.15, -0.1) is 0 Å². The molecule has 0 spiro atoms. The minimum atomic E-state index is 0.234. The molecule has 0 aromatic heterocycles. The Hall–Kier alpha value is -0.570. The quantitative estimate of drug-likeness (QED) is 0.722. The Bertz CT molecular complexity index is 207. The summed E-state index contributed by atoms with van der Waals surface area (Å²) in [6.07, 6.45) is 2.05. The standard InChI is InChI=1S/C11H22N2O/c1-4-6-13(7-5-12)10(14)9-8-11(9,2)3/h9H,4-8,12H2,1-3H3. The van der Waals surface area contributed by atoms with Crippen LogP contribution in [0.25, 0.3) is 0 Å². The summed E-state index contributed by atoms with van der Waals surface area (Å²) in [5.74, 6) is 0.558. The van der Waals surface area contributed by atoms with E-state index in [-0.39, 0.29) is 11.3 Å². The van der Waals surface area contributed by atoms with Crippen LogP contribution in [0.1, 0.15) is 33.6 Å². The highest BCUT2D eigenvalue weighted by Gasteiger charge is 2.51. The molecule has 3 nitrogen and oxygen atoms in total. The highest BCUT2D eigenvalue weighted by molar-refractivity contribution is 5.82. The zero-order valence-electron chi connectivity index (χ0n) is 9.55. The molecule has 82 valence electrons. The van der Waals surface area contributed by atoms with E-state index in [0.717, 1.165) is 19.4 Å². The van der Waals surface area contributed by atoms with Gasteiger partial charge in [0.15, 0.2) is 0 Å². The summed E-state index contributed by atoms with van der Waals surface area (Å²) in [5, 5.41) is 0. The third-order valence-electron chi connectivity index (χ3n) is 3.02. The van der Waals surface area contributed by atoms with Gasteiger partial charge in [-0.1, -0.05) is 20.8 Å². The molecule has 2 N–H and O–H groups in total. The van der Waals surface area contributed by atoms with Crippen LogP contribution >= 0.6 is 0 Å². The van der Waals surface area contributed by atoms with Crippen LogP contribution in [0.15, 0.2) is 0 Å². The summed E-state index contributed by atoms with van der Waals surface area (Å²) in [7, 11) is 0. The molecule has 1 aliphatic rings. The first kappa shape index (κ1) is 11.5. The molecule has 14 heavy (non-hydrogen) atoms. The minimum absolute atomic E-state index is 0.234. The first-order valence-electron chi connectivity index (χ1n) is 5.51. The summed E-state index contributed by atoms with van der Waals surface area (Å²) < 4.78 is 0. The molecule has 0 aliphatic heterocycles. The van der Waals surface area contributed by atoms with Crippen molar-refractivity contribution in [1.29, 1.82) is 0 Å². The molecule has 3 heteroatoms. The van der Waals surface area contributed by atoms with Crippen molar-refractivity contribution in [3.05, 3.63) is 0 Å². The fraction of sp³-hybridized carbons (Fsp3) is 0.909. The second-order valence-corrected chi connectivity index (χ2v) is 4.86. The molecule has 0 bridgehead atoms. The van der Waals surface area contributed by atoms with Gasteiger partial charge in [0.05, 0.1) is 0 Å². The van der Waals surface area contributed by atoms with E-state index >= 15 is 0 Å². The SMILES string of the molecule is CCCN(CCN)C(=O)C1CC1(C)C. The molecule has 0 saturated heterocycles. The summed E-state index contributed by atoms with van der Waals surface area (Å²) in [6.45, 7) is 8.53. The van der Waals surface area contributed by atoms with Crippen LogP contribution in [-0.4, -0.2) is 30.4 Å². The summed E-state index contributed by atoms with van der Waals surface area (Å²) in [6, 6.07) is 0. The average molecular weight is 198 g/mol. The monoisotopic (exact) mass is 198 g/mol.